The van der Waals surface area contributed by atoms with Gasteiger partial charge < -0.3 is 13.7 Å². The summed E-state index contributed by atoms with van der Waals surface area (Å²) >= 11 is 0. The molecule has 0 saturated heterocycles. The minimum Gasteiger partial charge on any atom is -0.489 e. The Kier molecular flexibility index (Phi) is 8.09. The predicted octanol–water partition coefficient (Wildman–Crippen LogP) is 5.82. The highest BCUT2D eigenvalue weighted by atomic mass is 16.5. The molecule has 0 atom stereocenters. The van der Waals surface area contributed by atoms with Crippen LogP contribution in [0.3, 0.4) is 0 Å². The van der Waals surface area contributed by atoms with Crippen LogP contribution in [0.4, 0.5) is 0 Å². The number of hydrogen-bond donors (Lipinski definition) is 0. The van der Waals surface area contributed by atoms with Gasteiger partial charge in [-0.15, -0.1) is 0 Å². The highest BCUT2D eigenvalue weighted by molar-refractivity contribution is 5.81. The van der Waals surface area contributed by atoms with E-state index >= 15 is 0 Å². The van der Waals surface area contributed by atoms with Gasteiger partial charge in [-0.05, 0) is 49.7 Å². The minimum atomic E-state index is -0.517. The van der Waals surface area contributed by atoms with Crippen molar-refractivity contribution in [3.63, 3.8) is 0 Å². The molecule has 0 saturated carbocycles. The van der Waals surface area contributed by atoms with Crippen LogP contribution in [0, 0.1) is 0 Å². The Morgan fingerprint density at radius 3 is 2.47 bits per heavy atom. The summed E-state index contributed by atoms with van der Waals surface area (Å²) in [6.45, 7) is 7.39. The standard InChI is InChI=1S/C27H31N3O4/c1-3-5-14-30(15-6-4-2)18-25-28-26(34-29-25)23-16-21-12-13-22(17-24(21)33-27(23)31)32-19-20-10-8-7-9-11-20/h7-13,16-17H,3-6,14-15,18-19H2,1-2H3. The molecule has 2 aromatic heterocycles. The first-order chi connectivity index (χ1) is 16.7. The van der Waals surface area contributed by atoms with Gasteiger partial charge in [0.05, 0.1) is 6.54 Å². The van der Waals surface area contributed by atoms with E-state index in [9.17, 15) is 4.79 Å². The summed E-state index contributed by atoms with van der Waals surface area (Å²) in [5.41, 5.74) is 1.26. The Bertz CT molecular complexity index is 1240. The third-order valence-electron chi connectivity index (χ3n) is 5.68. The van der Waals surface area contributed by atoms with Gasteiger partial charge in [-0.1, -0.05) is 62.2 Å². The fourth-order valence-electron chi connectivity index (χ4n) is 3.73. The molecule has 2 heterocycles. The molecule has 7 nitrogen and oxygen atoms in total. The van der Waals surface area contributed by atoms with Crippen LogP contribution in [0.15, 0.2) is 68.3 Å². The second-order valence-electron chi connectivity index (χ2n) is 8.42. The molecule has 2 aromatic carbocycles. The normalized spacial score (nSPS) is 11.4. The van der Waals surface area contributed by atoms with Crippen LogP contribution in [0.1, 0.15) is 50.9 Å². The average molecular weight is 462 g/mol. The van der Waals surface area contributed by atoms with Crippen molar-refractivity contribution >= 4 is 11.0 Å². The molecule has 4 rings (SSSR count). The fraction of sp³-hybridized carbons (Fsp3) is 0.370. The molecule has 0 aliphatic carbocycles. The number of fused-ring (bicyclic) bond motifs is 1. The van der Waals surface area contributed by atoms with Gasteiger partial charge >= 0.3 is 5.63 Å². The van der Waals surface area contributed by atoms with E-state index < -0.39 is 5.63 Å². The van der Waals surface area contributed by atoms with Gasteiger partial charge in [-0.25, -0.2) is 4.79 Å². The molecule has 4 aromatic rings. The SMILES string of the molecule is CCCCN(CCCC)Cc1noc(-c2cc3ccc(OCc4ccccc4)cc3oc2=O)n1. The van der Waals surface area contributed by atoms with Gasteiger partial charge in [0.2, 0.25) is 0 Å². The number of ether oxygens (including phenoxy) is 1. The molecule has 0 aliphatic rings. The highest BCUT2D eigenvalue weighted by Gasteiger charge is 2.17. The zero-order valence-corrected chi connectivity index (χ0v) is 19.8. The van der Waals surface area contributed by atoms with E-state index in [0.717, 1.165) is 49.7 Å². The molecule has 0 bridgehead atoms. The predicted molar refractivity (Wildman–Crippen MR) is 132 cm³/mol. The van der Waals surface area contributed by atoms with Gasteiger partial charge in [0.15, 0.2) is 5.82 Å². The molecule has 34 heavy (non-hydrogen) atoms. The van der Waals surface area contributed by atoms with E-state index in [1.807, 2.05) is 42.5 Å². The third-order valence-corrected chi connectivity index (χ3v) is 5.68. The molecular formula is C27H31N3O4. The molecular weight excluding hydrogens is 430 g/mol. The zero-order chi connectivity index (χ0) is 23.8. The first-order valence-electron chi connectivity index (χ1n) is 12.0. The summed E-state index contributed by atoms with van der Waals surface area (Å²) in [6.07, 6.45) is 4.52. The van der Waals surface area contributed by atoms with Gasteiger partial charge in [0.25, 0.3) is 5.89 Å². The molecule has 0 N–H and O–H groups in total. The van der Waals surface area contributed by atoms with Gasteiger partial charge in [0, 0.05) is 11.5 Å². The van der Waals surface area contributed by atoms with Crippen LogP contribution in [0.25, 0.3) is 22.4 Å². The Labute approximate surface area is 199 Å². The summed E-state index contributed by atoms with van der Waals surface area (Å²) in [5.74, 6) is 1.39. The summed E-state index contributed by atoms with van der Waals surface area (Å²) in [7, 11) is 0. The maximum absolute atomic E-state index is 12.7. The molecule has 0 fully saturated rings. The van der Waals surface area contributed by atoms with Crippen LogP contribution in [-0.4, -0.2) is 28.1 Å². The second-order valence-corrected chi connectivity index (χ2v) is 8.42. The van der Waals surface area contributed by atoms with Gasteiger partial charge in [-0.3, -0.25) is 4.90 Å². The van der Waals surface area contributed by atoms with Crippen molar-refractivity contribution in [2.45, 2.75) is 52.7 Å². The molecule has 0 aliphatic heterocycles. The Morgan fingerprint density at radius 1 is 0.971 bits per heavy atom. The summed E-state index contributed by atoms with van der Waals surface area (Å²) in [5, 5.41) is 4.87. The van der Waals surface area contributed by atoms with E-state index in [2.05, 4.69) is 28.9 Å². The summed E-state index contributed by atoms with van der Waals surface area (Å²) in [4.78, 5) is 19.5. The van der Waals surface area contributed by atoms with E-state index in [4.69, 9.17) is 13.7 Å². The first kappa shape index (κ1) is 23.7. The van der Waals surface area contributed by atoms with Crippen LogP contribution >= 0.6 is 0 Å². The Hall–Kier alpha value is -3.45. The van der Waals surface area contributed by atoms with Crippen LogP contribution < -0.4 is 10.4 Å². The highest BCUT2D eigenvalue weighted by Crippen LogP contribution is 2.24. The number of rotatable bonds is 12. The third kappa shape index (κ3) is 6.11. The lowest BCUT2D eigenvalue weighted by Gasteiger charge is -2.19. The fourth-order valence-corrected chi connectivity index (χ4v) is 3.73. The zero-order valence-electron chi connectivity index (χ0n) is 19.8. The number of unbranched alkanes of at least 4 members (excludes halogenated alkanes) is 2. The number of hydrogen-bond acceptors (Lipinski definition) is 7. The monoisotopic (exact) mass is 461 g/mol. The molecule has 0 amide bonds. The van der Waals surface area contributed by atoms with E-state index in [0.29, 0.717) is 30.3 Å². The first-order valence-corrected chi connectivity index (χ1v) is 12.0. The second kappa shape index (κ2) is 11.6. The Balaban J connectivity index is 1.49. The van der Waals surface area contributed by atoms with Crippen molar-refractivity contribution < 1.29 is 13.7 Å². The number of nitrogens with zero attached hydrogens (tertiary/aromatic N) is 3. The smallest absolute Gasteiger partial charge is 0.349 e. The molecule has 178 valence electrons. The summed E-state index contributed by atoms with van der Waals surface area (Å²) < 4.78 is 16.8. The largest absolute Gasteiger partial charge is 0.489 e. The van der Waals surface area contributed by atoms with Gasteiger partial charge in [0.1, 0.15) is 23.5 Å². The van der Waals surface area contributed by atoms with E-state index in [1.165, 1.54) is 0 Å². The van der Waals surface area contributed by atoms with Crippen molar-refractivity contribution in [2.24, 2.45) is 0 Å². The minimum absolute atomic E-state index is 0.181. The van der Waals surface area contributed by atoms with Crippen molar-refractivity contribution in [3.05, 3.63) is 76.4 Å². The van der Waals surface area contributed by atoms with E-state index in [-0.39, 0.29) is 11.5 Å². The van der Waals surface area contributed by atoms with Crippen molar-refractivity contribution in [3.8, 4) is 17.2 Å². The maximum atomic E-state index is 12.7. The van der Waals surface area contributed by atoms with Crippen molar-refractivity contribution in [1.29, 1.82) is 0 Å². The Morgan fingerprint density at radius 2 is 1.74 bits per heavy atom. The van der Waals surface area contributed by atoms with E-state index in [1.54, 1.807) is 12.1 Å². The lowest BCUT2D eigenvalue weighted by Crippen LogP contribution is -2.26. The van der Waals surface area contributed by atoms with Crippen molar-refractivity contribution in [2.75, 3.05) is 13.1 Å². The maximum Gasteiger partial charge on any atom is 0.349 e. The topological polar surface area (TPSA) is 81.6 Å². The van der Waals surface area contributed by atoms with Crippen LogP contribution in [0.5, 0.6) is 5.75 Å². The number of benzene rings is 2. The quantitative estimate of drug-likeness (QED) is 0.246. The number of aromatic nitrogens is 2. The summed E-state index contributed by atoms with van der Waals surface area (Å²) in [6, 6.07) is 17.1. The molecule has 0 radical (unpaired) electrons. The molecule has 7 heteroatoms. The van der Waals surface area contributed by atoms with Crippen molar-refractivity contribution in [1.82, 2.24) is 15.0 Å². The molecule has 0 unspecified atom stereocenters. The molecule has 0 spiro atoms. The van der Waals surface area contributed by atoms with Gasteiger partial charge in [-0.2, -0.15) is 4.98 Å². The average Bonchev–Trinajstić information content (AvgIpc) is 3.32. The lowest BCUT2D eigenvalue weighted by molar-refractivity contribution is 0.247. The van der Waals surface area contributed by atoms with Crippen LogP contribution in [-0.2, 0) is 13.2 Å². The lowest BCUT2D eigenvalue weighted by atomic mass is 10.2. The van der Waals surface area contributed by atoms with Crippen LogP contribution in [0.2, 0.25) is 0 Å².